The van der Waals surface area contributed by atoms with Crippen LogP contribution < -0.4 is 9.46 Å². The minimum Gasteiger partial charge on any atom is -0.457 e. The van der Waals surface area contributed by atoms with Crippen LogP contribution in [-0.4, -0.2) is 58.0 Å². The normalized spacial score (nSPS) is 16.4. The molecule has 0 radical (unpaired) electrons. The Morgan fingerprint density at radius 1 is 0.895 bits per heavy atom. The van der Waals surface area contributed by atoms with Crippen LogP contribution in [0.3, 0.4) is 0 Å². The van der Waals surface area contributed by atoms with Gasteiger partial charge in [0.15, 0.2) is 0 Å². The molecule has 38 heavy (non-hydrogen) atoms. The topological polar surface area (TPSA) is 61.9 Å². The Labute approximate surface area is 230 Å². The SMILES string of the molecule is CN1CCN(C[C@@H](NS(=O)(=O)c2ccc(Oc3ccc(C(F)(F)F)cc3)cc2)c2ccc(Cl)c(Cl)c2)CC1. The number of hydrogen-bond acceptors (Lipinski definition) is 5. The number of halogens is 5. The predicted octanol–water partition coefficient (Wildman–Crippen LogP) is 6.07. The van der Waals surface area contributed by atoms with Crippen molar-refractivity contribution < 1.29 is 26.3 Å². The highest BCUT2D eigenvalue weighted by molar-refractivity contribution is 7.89. The van der Waals surface area contributed by atoms with Gasteiger partial charge in [-0.05, 0) is 73.3 Å². The van der Waals surface area contributed by atoms with E-state index in [0.717, 1.165) is 38.3 Å². The summed E-state index contributed by atoms with van der Waals surface area (Å²) < 4.78 is 73.3. The van der Waals surface area contributed by atoms with E-state index in [4.69, 9.17) is 27.9 Å². The average Bonchev–Trinajstić information content (AvgIpc) is 2.87. The number of piperazine rings is 1. The number of rotatable bonds is 8. The van der Waals surface area contributed by atoms with Gasteiger partial charge >= 0.3 is 6.18 Å². The molecule has 1 aliphatic heterocycles. The van der Waals surface area contributed by atoms with Gasteiger partial charge in [0.1, 0.15) is 11.5 Å². The van der Waals surface area contributed by atoms with E-state index >= 15 is 0 Å². The van der Waals surface area contributed by atoms with Gasteiger partial charge in [0.2, 0.25) is 10.0 Å². The molecule has 6 nitrogen and oxygen atoms in total. The summed E-state index contributed by atoms with van der Waals surface area (Å²) >= 11 is 12.3. The molecule has 4 rings (SSSR count). The first-order chi connectivity index (χ1) is 17.9. The Morgan fingerprint density at radius 3 is 2.03 bits per heavy atom. The van der Waals surface area contributed by atoms with Crippen LogP contribution >= 0.6 is 23.2 Å². The number of likely N-dealkylation sites (N-methyl/N-ethyl adjacent to an activating group) is 1. The van der Waals surface area contributed by atoms with E-state index < -0.39 is 27.8 Å². The van der Waals surface area contributed by atoms with Crippen LogP contribution in [0, 0.1) is 0 Å². The van der Waals surface area contributed by atoms with Crippen LogP contribution in [0.25, 0.3) is 0 Å². The van der Waals surface area contributed by atoms with Crippen LogP contribution in [0.15, 0.2) is 71.6 Å². The number of alkyl halides is 3. The van der Waals surface area contributed by atoms with Gasteiger partial charge in [-0.25, -0.2) is 13.1 Å². The van der Waals surface area contributed by atoms with E-state index in [2.05, 4.69) is 14.5 Å². The van der Waals surface area contributed by atoms with Crippen molar-refractivity contribution >= 4 is 33.2 Å². The molecule has 1 fully saturated rings. The number of benzene rings is 3. The van der Waals surface area contributed by atoms with Crippen molar-refractivity contribution in [2.75, 3.05) is 39.8 Å². The summed E-state index contributed by atoms with van der Waals surface area (Å²) in [5, 5.41) is 0.705. The third kappa shape index (κ3) is 7.40. The highest BCUT2D eigenvalue weighted by Gasteiger charge is 2.30. The van der Waals surface area contributed by atoms with Gasteiger partial charge in [-0.3, -0.25) is 4.90 Å². The lowest BCUT2D eigenvalue weighted by atomic mass is 10.1. The quantitative estimate of drug-likeness (QED) is 0.346. The molecule has 0 spiro atoms. The summed E-state index contributed by atoms with van der Waals surface area (Å²) in [6.07, 6.45) is -4.44. The lowest BCUT2D eigenvalue weighted by molar-refractivity contribution is -0.137. The summed E-state index contributed by atoms with van der Waals surface area (Å²) in [4.78, 5) is 4.42. The summed E-state index contributed by atoms with van der Waals surface area (Å²) in [5.41, 5.74) is -0.102. The maximum absolute atomic E-state index is 13.3. The summed E-state index contributed by atoms with van der Waals surface area (Å²) in [7, 11) is -1.90. The standard InChI is InChI=1S/C26H26Cl2F3N3O3S/c1-33-12-14-34(15-13-33)17-25(18-2-11-23(27)24(28)16-18)32-38(35,36)22-9-7-21(8-10-22)37-20-5-3-19(4-6-20)26(29,30)31/h2-11,16,25,32H,12-15,17H2,1H3/t25-/m1/s1. The number of hydrogen-bond donors (Lipinski definition) is 1. The Morgan fingerprint density at radius 2 is 1.47 bits per heavy atom. The molecule has 0 bridgehead atoms. The van der Waals surface area contributed by atoms with Crippen molar-refractivity contribution in [3.63, 3.8) is 0 Å². The van der Waals surface area contributed by atoms with Gasteiger partial charge in [-0.15, -0.1) is 0 Å². The Bertz CT molecular complexity index is 1350. The number of nitrogens with zero attached hydrogens (tertiary/aromatic N) is 2. The maximum atomic E-state index is 13.3. The van der Waals surface area contributed by atoms with Crippen LogP contribution in [0.2, 0.25) is 10.0 Å². The Hall–Kier alpha value is -2.34. The molecule has 1 heterocycles. The van der Waals surface area contributed by atoms with Gasteiger partial charge in [0.25, 0.3) is 0 Å². The molecule has 0 unspecified atom stereocenters. The zero-order valence-corrected chi connectivity index (χ0v) is 22.7. The zero-order valence-electron chi connectivity index (χ0n) is 20.4. The van der Waals surface area contributed by atoms with Gasteiger partial charge in [-0.1, -0.05) is 29.3 Å². The van der Waals surface area contributed by atoms with Gasteiger partial charge in [-0.2, -0.15) is 13.2 Å². The van der Waals surface area contributed by atoms with E-state index in [-0.39, 0.29) is 16.4 Å². The molecule has 1 atom stereocenters. The molecular formula is C26H26Cl2F3N3O3S. The summed E-state index contributed by atoms with van der Waals surface area (Å²) in [6, 6.07) is 14.4. The molecule has 1 N–H and O–H groups in total. The second-order valence-electron chi connectivity index (χ2n) is 9.05. The fourth-order valence-electron chi connectivity index (χ4n) is 4.02. The van der Waals surface area contributed by atoms with Crippen LogP contribution in [0.1, 0.15) is 17.2 Å². The molecule has 0 saturated carbocycles. The first-order valence-corrected chi connectivity index (χ1v) is 14.0. The molecular weight excluding hydrogens is 562 g/mol. The Kier molecular flexibility index (Phi) is 8.91. The fourth-order valence-corrected chi connectivity index (χ4v) is 5.54. The predicted molar refractivity (Wildman–Crippen MR) is 141 cm³/mol. The second-order valence-corrected chi connectivity index (χ2v) is 11.6. The smallest absolute Gasteiger partial charge is 0.416 e. The van der Waals surface area contributed by atoms with Crippen molar-refractivity contribution in [1.82, 2.24) is 14.5 Å². The molecule has 204 valence electrons. The van der Waals surface area contributed by atoms with E-state index in [1.165, 1.54) is 36.4 Å². The molecule has 3 aromatic rings. The van der Waals surface area contributed by atoms with Crippen molar-refractivity contribution in [2.45, 2.75) is 17.1 Å². The maximum Gasteiger partial charge on any atom is 0.416 e. The molecule has 0 amide bonds. The molecule has 1 saturated heterocycles. The molecule has 1 aliphatic rings. The Balaban J connectivity index is 1.50. The molecule has 0 aromatic heterocycles. The largest absolute Gasteiger partial charge is 0.457 e. The average molecular weight is 588 g/mol. The first kappa shape index (κ1) is 28.7. The van der Waals surface area contributed by atoms with E-state index in [1.54, 1.807) is 18.2 Å². The lowest BCUT2D eigenvalue weighted by Crippen LogP contribution is -2.47. The summed E-state index contributed by atoms with van der Waals surface area (Å²) in [5.74, 6) is 0.473. The second kappa shape index (κ2) is 11.8. The minimum atomic E-state index is -4.44. The highest BCUT2D eigenvalue weighted by Crippen LogP contribution is 2.32. The fraction of sp³-hybridized carbons (Fsp3) is 0.308. The number of ether oxygens (including phenoxy) is 1. The minimum absolute atomic E-state index is 0.0145. The zero-order chi connectivity index (χ0) is 27.5. The lowest BCUT2D eigenvalue weighted by Gasteiger charge is -2.35. The van der Waals surface area contributed by atoms with Crippen molar-refractivity contribution in [3.8, 4) is 11.5 Å². The molecule has 3 aromatic carbocycles. The highest BCUT2D eigenvalue weighted by atomic mass is 35.5. The summed E-state index contributed by atoms with van der Waals surface area (Å²) in [6.45, 7) is 3.79. The first-order valence-electron chi connectivity index (χ1n) is 11.7. The van der Waals surface area contributed by atoms with E-state index in [1.807, 2.05) is 7.05 Å². The van der Waals surface area contributed by atoms with E-state index in [0.29, 0.717) is 22.2 Å². The number of sulfonamides is 1. The third-order valence-corrected chi connectivity index (χ3v) is 8.46. The molecule has 12 heteroatoms. The van der Waals surface area contributed by atoms with Crippen LogP contribution in [0.5, 0.6) is 11.5 Å². The van der Waals surface area contributed by atoms with Gasteiger partial charge in [0, 0.05) is 32.7 Å². The van der Waals surface area contributed by atoms with Crippen molar-refractivity contribution in [3.05, 3.63) is 87.9 Å². The number of nitrogens with one attached hydrogen (secondary N) is 1. The van der Waals surface area contributed by atoms with Crippen molar-refractivity contribution in [1.29, 1.82) is 0 Å². The third-order valence-electron chi connectivity index (χ3n) is 6.23. The monoisotopic (exact) mass is 587 g/mol. The van der Waals surface area contributed by atoms with Crippen molar-refractivity contribution in [2.24, 2.45) is 0 Å². The van der Waals surface area contributed by atoms with Crippen LogP contribution in [0.4, 0.5) is 13.2 Å². The van der Waals surface area contributed by atoms with Crippen LogP contribution in [-0.2, 0) is 16.2 Å². The van der Waals surface area contributed by atoms with Gasteiger partial charge < -0.3 is 9.64 Å². The molecule has 0 aliphatic carbocycles. The van der Waals surface area contributed by atoms with Gasteiger partial charge in [0.05, 0.1) is 26.5 Å². The van der Waals surface area contributed by atoms with E-state index in [9.17, 15) is 21.6 Å².